The van der Waals surface area contributed by atoms with Gasteiger partial charge in [-0.3, -0.25) is 4.79 Å². The number of methoxy groups -OCH3 is 1. The molecule has 0 spiro atoms. The first-order valence-electron chi connectivity index (χ1n) is 7.04. The summed E-state index contributed by atoms with van der Waals surface area (Å²) in [5.74, 6) is -1.64. The Labute approximate surface area is 133 Å². The summed E-state index contributed by atoms with van der Waals surface area (Å²) in [7, 11) is 1.57. The van der Waals surface area contributed by atoms with Crippen molar-refractivity contribution < 1.29 is 29.3 Å². The number of hydrogen-bond donors (Lipinski definition) is 4. The van der Waals surface area contributed by atoms with Crippen LogP contribution in [0.2, 0.25) is 0 Å². The van der Waals surface area contributed by atoms with Crippen molar-refractivity contribution in [3.05, 3.63) is 29.8 Å². The summed E-state index contributed by atoms with van der Waals surface area (Å²) >= 11 is 0. The maximum absolute atomic E-state index is 11.6. The van der Waals surface area contributed by atoms with Gasteiger partial charge >= 0.3 is 18.0 Å². The van der Waals surface area contributed by atoms with E-state index in [2.05, 4.69) is 10.6 Å². The fourth-order valence-electron chi connectivity index (χ4n) is 1.85. The lowest BCUT2D eigenvalue weighted by Gasteiger charge is -2.14. The minimum absolute atomic E-state index is 0.170. The van der Waals surface area contributed by atoms with Crippen LogP contribution in [0.25, 0.3) is 0 Å². The highest BCUT2D eigenvalue weighted by Gasteiger charge is 2.20. The van der Waals surface area contributed by atoms with Gasteiger partial charge in [0.15, 0.2) is 0 Å². The smallest absolute Gasteiger partial charge is 0.326 e. The van der Waals surface area contributed by atoms with E-state index in [1.165, 1.54) is 0 Å². The van der Waals surface area contributed by atoms with Crippen molar-refractivity contribution in [2.45, 2.75) is 25.3 Å². The van der Waals surface area contributed by atoms with Gasteiger partial charge in [0.05, 0.1) is 7.11 Å². The number of carboxylic acid groups (broad SMARTS) is 2. The predicted molar refractivity (Wildman–Crippen MR) is 81.5 cm³/mol. The lowest BCUT2D eigenvalue weighted by molar-refractivity contribution is -0.140. The SMILES string of the molecule is COc1ccc(CCNC(=O)NC(CCC(=O)O)C(=O)O)cc1. The number of ether oxygens (including phenoxy) is 1. The fraction of sp³-hybridized carbons (Fsp3) is 0.400. The van der Waals surface area contributed by atoms with E-state index in [4.69, 9.17) is 14.9 Å². The third-order valence-corrected chi connectivity index (χ3v) is 3.11. The Bertz CT molecular complexity index is 543. The summed E-state index contributed by atoms with van der Waals surface area (Å²) in [6, 6.07) is 5.48. The topological polar surface area (TPSA) is 125 Å². The van der Waals surface area contributed by atoms with E-state index in [1.807, 2.05) is 24.3 Å². The minimum Gasteiger partial charge on any atom is -0.497 e. The molecule has 0 saturated carbocycles. The first kappa shape index (κ1) is 18.3. The lowest BCUT2D eigenvalue weighted by Crippen LogP contribution is -2.46. The van der Waals surface area contributed by atoms with E-state index < -0.39 is 24.0 Å². The van der Waals surface area contributed by atoms with Gasteiger partial charge in [0.2, 0.25) is 0 Å². The van der Waals surface area contributed by atoms with Gasteiger partial charge in [-0.05, 0) is 30.5 Å². The molecule has 1 aromatic carbocycles. The Hall–Kier alpha value is -2.77. The zero-order chi connectivity index (χ0) is 17.2. The molecule has 0 aliphatic rings. The molecule has 1 unspecified atom stereocenters. The van der Waals surface area contributed by atoms with Crippen molar-refractivity contribution >= 4 is 18.0 Å². The normalized spacial score (nSPS) is 11.3. The number of carboxylic acids is 2. The zero-order valence-corrected chi connectivity index (χ0v) is 12.7. The average Bonchev–Trinajstić information content (AvgIpc) is 2.51. The van der Waals surface area contributed by atoms with Crippen LogP contribution in [0.4, 0.5) is 4.79 Å². The number of benzene rings is 1. The maximum Gasteiger partial charge on any atom is 0.326 e. The minimum atomic E-state index is -1.27. The maximum atomic E-state index is 11.6. The number of amides is 2. The highest BCUT2D eigenvalue weighted by Crippen LogP contribution is 2.11. The molecular weight excluding hydrogens is 304 g/mol. The molecular formula is C15H20N2O6. The van der Waals surface area contributed by atoms with Crippen LogP contribution in [0.1, 0.15) is 18.4 Å². The molecule has 1 aromatic rings. The van der Waals surface area contributed by atoms with E-state index in [9.17, 15) is 14.4 Å². The quantitative estimate of drug-likeness (QED) is 0.534. The number of carbonyl (C=O) groups is 3. The summed E-state index contributed by atoms with van der Waals surface area (Å²) in [4.78, 5) is 33.1. The first-order valence-corrected chi connectivity index (χ1v) is 7.04. The van der Waals surface area contributed by atoms with Crippen LogP contribution in [0.15, 0.2) is 24.3 Å². The van der Waals surface area contributed by atoms with Crippen LogP contribution in [-0.2, 0) is 16.0 Å². The van der Waals surface area contributed by atoms with Crippen LogP contribution in [0, 0.1) is 0 Å². The Balaban J connectivity index is 2.36. The van der Waals surface area contributed by atoms with Gasteiger partial charge < -0.3 is 25.6 Å². The lowest BCUT2D eigenvalue weighted by atomic mass is 10.1. The van der Waals surface area contributed by atoms with Gasteiger partial charge in [0, 0.05) is 13.0 Å². The molecule has 0 aromatic heterocycles. The standard InChI is InChI=1S/C15H20N2O6/c1-23-11-4-2-10(3-5-11)8-9-16-15(22)17-12(14(20)21)6-7-13(18)19/h2-5,12H,6-9H2,1H3,(H,18,19)(H,20,21)(H2,16,17,22). The van der Waals surface area contributed by atoms with E-state index in [0.29, 0.717) is 13.0 Å². The number of hydrogen-bond acceptors (Lipinski definition) is 4. The van der Waals surface area contributed by atoms with Crippen molar-refractivity contribution in [2.75, 3.05) is 13.7 Å². The van der Waals surface area contributed by atoms with Crippen LogP contribution < -0.4 is 15.4 Å². The predicted octanol–water partition coefficient (Wildman–Crippen LogP) is 0.855. The highest BCUT2D eigenvalue weighted by atomic mass is 16.5. The molecule has 0 saturated heterocycles. The van der Waals surface area contributed by atoms with Gasteiger partial charge in [-0.2, -0.15) is 0 Å². The molecule has 8 heteroatoms. The van der Waals surface area contributed by atoms with E-state index in [0.717, 1.165) is 11.3 Å². The Morgan fingerprint density at radius 1 is 1.17 bits per heavy atom. The van der Waals surface area contributed by atoms with Crippen molar-refractivity contribution in [1.82, 2.24) is 10.6 Å². The van der Waals surface area contributed by atoms with Crippen molar-refractivity contribution in [1.29, 1.82) is 0 Å². The van der Waals surface area contributed by atoms with Crippen molar-refractivity contribution in [3.8, 4) is 5.75 Å². The van der Waals surface area contributed by atoms with Gasteiger partial charge in [-0.1, -0.05) is 12.1 Å². The fourth-order valence-corrected chi connectivity index (χ4v) is 1.85. The van der Waals surface area contributed by atoms with Crippen LogP contribution in [0.5, 0.6) is 5.75 Å². The van der Waals surface area contributed by atoms with Crippen molar-refractivity contribution in [2.24, 2.45) is 0 Å². The molecule has 0 heterocycles. The second-order valence-corrected chi connectivity index (χ2v) is 4.82. The molecule has 4 N–H and O–H groups in total. The number of urea groups is 1. The molecule has 23 heavy (non-hydrogen) atoms. The van der Waals surface area contributed by atoms with Crippen molar-refractivity contribution in [3.63, 3.8) is 0 Å². The number of nitrogens with one attached hydrogen (secondary N) is 2. The zero-order valence-electron chi connectivity index (χ0n) is 12.7. The van der Waals surface area contributed by atoms with E-state index in [1.54, 1.807) is 7.11 Å². The van der Waals surface area contributed by atoms with Crippen LogP contribution in [0.3, 0.4) is 0 Å². The molecule has 2 amide bonds. The van der Waals surface area contributed by atoms with Gasteiger partial charge in [0.25, 0.3) is 0 Å². The molecule has 0 aliphatic carbocycles. The molecule has 8 nitrogen and oxygen atoms in total. The number of rotatable bonds is 9. The Morgan fingerprint density at radius 2 is 1.83 bits per heavy atom. The van der Waals surface area contributed by atoms with Crippen LogP contribution >= 0.6 is 0 Å². The second kappa shape index (κ2) is 9.29. The Kier molecular flexibility index (Phi) is 7.38. The largest absolute Gasteiger partial charge is 0.497 e. The first-order chi connectivity index (χ1) is 10.9. The summed E-state index contributed by atoms with van der Waals surface area (Å²) in [6.07, 6.45) is 0.0734. The van der Waals surface area contributed by atoms with E-state index >= 15 is 0 Å². The molecule has 0 fully saturated rings. The molecule has 0 bridgehead atoms. The molecule has 126 valence electrons. The van der Waals surface area contributed by atoms with Gasteiger partial charge in [-0.15, -0.1) is 0 Å². The number of carbonyl (C=O) groups excluding carboxylic acids is 1. The highest BCUT2D eigenvalue weighted by molar-refractivity contribution is 5.82. The summed E-state index contributed by atoms with van der Waals surface area (Å²) in [5.41, 5.74) is 0.992. The average molecular weight is 324 g/mol. The molecule has 1 atom stereocenters. The summed E-state index contributed by atoms with van der Waals surface area (Å²) in [5, 5.41) is 22.3. The Morgan fingerprint density at radius 3 is 2.35 bits per heavy atom. The molecule has 0 aliphatic heterocycles. The number of aliphatic carboxylic acids is 2. The molecule has 0 radical (unpaired) electrons. The second-order valence-electron chi connectivity index (χ2n) is 4.82. The monoisotopic (exact) mass is 324 g/mol. The van der Waals surface area contributed by atoms with Crippen LogP contribution in [-0.4, -0.2) is 47.9 Å². The summed E-state index contributed by atoms with van der Waals surface area (Å²) in [6.45, 7) is 0.323. The third kappa shape index (κ3) is 7.16. The van der Waals surface area contributed by atoms with Gasteiger partial charge in [-0.25, -0.2) is 9.59 Å². The van der Waals surface area contributed by atoms with Gasteiger partial charge in [0.1, 0.15) is 11.8 Å². The third-order valence-electron chi connectivity index (χ3n) is 3.11. The molecule has 1 rings (SSSR count). The summed E-state index contributed by atoms with van der Waals surface area (Å²) < 4.78 is 5.04. The van der Waals surface area contributed by atoms with E-state index in [-0.39, 0.29) is 12.8 Å².